The molecule has 0 spiro atoms. The highest BCUT2D eigenvalue weighted by molar-refractivity contribution is 5.90. The third-order valence-corrected chi connectivity index (χ3v) is 3.06. The Kier molecular flexibility index (Phi) is 3.98. The van der Waals surface area contributed by atoms with Crippen molar-refractivity contribution >= 4 is 11.6 Å². The molecule has 0 saturated heterocycles. The first-order chi connectivity index (χ1) is 9.45. The standard InChI is InChI=1S/C15H17N3O2/c1-10-4-6-13(7-5-10)16-14(19)9-18-15(20)8-11(2)12(3)17-18/h4-8H,9H2,1-3H3,(H,16,19). The first-order valence-corrected chi connectivity index (χ1v) is 6.37. The minimum absolute atomic E-state index is 0.0895. The molecule has 0 unspecified atom stereocenters. The van der Waals surface area contributed by atoms with Crippen molar-refractivity contribution in [2.24, 2.45) is 0 Å². The van der Waals surface area contributed by atoms with E-state index in [0.29, 0.717) is 5.69 Å². The number of aryl methyl sites for hydroxylation is 3. The van der Waals surface area contributed by atoms with Crippen LogP contribution in [0.5, 0.6) is 0 Å². The van der Waals surface area contributed by atoms with Gasteiger partial charge in [-0.2, -0.15) is 5.10 Å². The van der Waals surface area contributed by atoms with Gasteiger partial charge in [0, 0.05) is 11.8 Å². The highest BCUT2D eigenvalue weighted by atomic mass is 16.2. The lowest BCUT2D eigenvalue weighted by Crippen LogP contribution is -2.30. The van der Waals surface area contributed by atoms with Crippen molar-refractivity contribution in [2.75, 3.05) is 5.32 Å². The van der Waals surface area contributed by atoms with Crippen LogP contribution in [0.3, 0.4) is 0 Å². The molecule has 0 bridgehead atoms. The van der Waals surface area contributed by atoms with Gasteiger partial charge in [-0.1, -0.05) is 17.7 Å². The second-order valence-electron chi connectivity index (χ2n) is 4.82. The van der Waals surface area contributed by atoms with Gasteiger partial charge in [-0.05, 0) is 38.5 Å². The molecule has 0 aliphatic rings. The van der Waals surface area contributed by atoms with Crippen molar-refractivity contribution in [2.45, 2.75) is 27.3 Å². The predicted octanol–water partition coefficient (Wildman–Crippen LogP) is 1.81. The number of carbonyl (C=O) groups is 1. The number of carbonyl (C=O) groups excluding carboxylic acids is 1. The van der Waals surface area contributed by atoms with E-state index in [-0.39, 0.29) is 18.0 Å². The van der Waals surface area contributed by atoms with Gasteiger partial charge in [0.25, 0.3) is 5.56 Å². The lowest BCUT2D eigenvalue weighted by atomic mass is 10.2. The summed E-state index contributed by atoms with van der Waals surface area (Å²) in [5, 5.41) is 6.85. The molecule has 20 heavy (non-hydrogen) atoms. The quantitative estimate of drug-likeness (QED) is 0.926. The van der Waals surface area contributed by atoms with Crippen LogP contribution in [0.15, 0.2) is 35.1 Å². The van der Waals surface area contributed by atoms with E-state index in [0.717, 1.165) is 16.8 Å². The maximum Gasteiger partial charge on any atom is 0.267 e. The fraction of sp³-hybridized carbons (Fsp3) is 0.267. The number of nitrogens with one attached hydrogen (secondary N) is 1. The Bertz CT molecular complexity index is 687. The van der Waals surface area contributed by atoms with Gasteiger partial charge in [0.05, 0.1) is 5.69 Å². The summed E-state index contributed by atoms with van der Waals surface area (Å²) < 4.78 is 1.17. The molecule has 1 heterocycles. The molecule has 0 aliphatic carbocycles. The normalized spacial score (nSPS) is 10.3. The number of nitrogens with zero attached hydrogens (tertiary/aromatic N) is 2. The molecule has 5 nitrogen and oxygen atoms in total. The van der Waals surface area contributed by atoms with Gasteiger partial charge in [0.15, 0.2) is 0 Å². The van der Waals surface area contributed by atoms with Gasteiger partial charge >= 0.3 is 0 Å². The molecule has 1 aromatic heterocycles. The maximum absolute atomic E-state index is 11.9. The first-order valence-electron chi connectivity index (χ1n) is 6.37. The van der Waals surface area contributed by atoms with E-state index in [2.05, 4.69) is 10.4 Å². The van der Waals surface area contributed by atoms with Crippen molar-refractivity contribution < 1.29 is 4.79 Å². The summed E-state index contributed by atoms with van der Waals surface area (Å²) in [5.41, 5.74) is 3.12. The van der Waals surface area contributed by atoms with Crippen molar-refractivity contribution in [3.8, 4) is 0 Å². The maximum atomic E-state index is 11.9. The molecular weight excluding hydrogens is 254 g/mol. The van der Waals surface area contributed by atoms with E-state index >= 15 is 0 Å². The lowest BCUT2D eigenvalue weighted by Gasteiger charge is -2.08. The summed E-state index contributed by atoms with van der Waals surface area (Å²) in [6.45, 7) is 5.52. The molecule has 2 rings (SSSR count). The Morgan fingerprint density at radius 1 is 1.20 bits per heavy atom. The number of aromatic nitrogens is 2. The predicted molar refractivity (Wildman–Crippen MR) is 77.8 cm³/mol. The van der Waals surface area contributed by atoms with E-state index in [9.17, 15) is 9.59 Å². The Morgan fingerprint density at radius 2 is 1.85 bits per heavy atom. The molecule has 5 heteroatoms. The second kappa shape index (κ2) is 5.69. The third-order valence-electron chi connectivity index (χ3n) is 3.06. The number of amides is 1. The molecule has 0 aliphatic heterocycles. The van der Waals surface area contributed by atoms with Gasteiger partial charge in [-0.15, -0.1) is 0 Å². The van der Waals surface area contributed by atoms with Crippen LogP contribution < -0.4 is 10.9 Å². The van der Waals surface area contributed by atoms with E-state index in [1.807, 2.05) is 45.0 Å². The summed E-state index contributed by atoms with van der Waals surface area (Å²) in [5.74, 6) is -0.272. The van der Waals surface area contributed by atoms with Crippen LogP contribution in [-0.4, -0.2) is 15.7 Å². The number of hydrogen-bond acceptors (Lipinski definition) is 3. The van der Waals surface area contributed by atoms with Crippen molar-refractivity contribution in [3.05, 3.63) is 57.5 Å². The molecule has 0 radical (unpaired) electrons. The zero-order valence-corrected chi connectivity index (χ0v) is 11.8. The summed E-state index contributed by atoms with van der Waals surface area (Å²) in [6, 6.07) is 8.96. The van der Waals surface area contributed by atoms with Crippen LogP contribution in [0.2, 0.25) is 0 Å². The Balaban J connectivity index is 2.10. The van der Waals surface area contributed by atoms with Crippen LogP contribution >= 0.6 is 0 Å². The number of rotatable bonds is 3. The Hall–Kier alpha value is -2.43. The van der Waals surface area contributed by atoms with Gasteiger partial charge in [0.1, 0.15) is 6.54 Å². The smallest absolute Gasteiger partial charge is 0.267 e. The average molecular weight is 271 g/mol. The summed E-state index contributed by atoms with van der Waals surface area (Å²) in [4.78, 5) is 23.6. The van der Waals surface area contributed by atoms with Crippen LogP contribution in [0, 0.1) is 20.8 Å². The van der Waals surface area contributed by atoms with E-state index < -0.39 is 0 Å². The molecular formula is C15H17N3O2. The Labute approximate surface area is 117 Å². The third kappa shape index (κ3) is 3.32. The number of hydrogen-bond donors (Lipinski definition) is 1. The average Bonchev–Trinajstić information content (AvgIpc) is 2.39. The topological polar surface area (TPSA) is 64.0 Å². The highest BCUT2D eigenvalue weighted by Crippen LogP contribution is 2.08. The zero-order valence-electron chi connectivity index (χ0n) is 11.8. The molecule has 0 saturated carbocycles. The van der Waals surface area contributed by atoms with Gasteiger partial charge in [0.2, 0.25) is 5.91 Å². The fourth-order valence-electron chi connectivity index (χ4n) is 1.76. The van der Waals surface area contributed by atoms with Crippen molar-refractivity contribution in [3.63, 3.8) is 0 Å². The Morgan fingerprint density at radius 3 is 2.50 bits per heavy atom. The number of benzene rings is 1. The van der Waals surface area contributed by atoms with Gasteiger partial charge in [-0.25, -0.2) is 4.68 Å². The molecule has 0 fully saturated rings. The van der Waals surface area contributed by atoms with Crippen LogP contribution in [0.25, 0.3) is 0 Å². The molecule has 1 amide bonds. The number of anilines is 1. The van der Waals surface area contributed by atoms with Crippen LogP contribution in [0.4, 0.5) is 5.69 Å². The summed E-state index contributed by atoms with van der Waals surface area (Å²) in [7, 11) is 0. The van der Waals surface area contributed by atoms with Crippen molar-refractivity contribution in [1.29, 1.82) is 0 Å². The van der Waals surface area contributed by atoms with Crippen LogP contribution in [-0.2, 0) is 11.3 Å². The summed E-state index contributed by atoms with van der Waals surface area (Å²) >= 11 is 0. The highest BCUT2D eigenvalue weighted by Gasteiger charge is 2.07. The van der Waals surface area contributed by atoms with E-state index in [1.165, 1.54) is 10.7 Å². The molecule has 104 valence electrons. The van der Waals surface area contributed by atoms with Gasteiger partial charge in [-0.3, -0.25) is 9.59 Å². The van der Waals surface area contributed by atoms with Crippen LogP contribution in [0.1, 0.15) is 16.8 Å². The van der Waals surface area contributed by atoms with Gasteiger partial charge < -0.3 is 5.32 Å². The molecule has 1 aromatic carbocycles. The summed E-state index contributed by atoms with van der Waals surface area (Å²) in [6.07, 6.45) is 0. The van der Waals surface area contributed by atoms with Crippen molar-refractivity contribution in [1.82, 2.24) is 9.78 Å². The monoisotopic (exact) mass is 271 g/mol. The fourth-order valence-corrected chi connectivity index (χ4v) is 1.76. The second-order valence-corrected chi connectivity index (χ2v) is 4.82. The molecule has 0 atom stereocenters. The lowest BCUT2D eigenvalue weighted by molar-refractivity contribution is -0.117. The van der Waals surface area contributed by atoms with E-state index in [1.54, 1.807) is 0 Å². The largest absolute Gasteiger partial charge is 0.324 e. The van der Waals surface area contributed by atoms with E-state index in [4.69, 9.17) is 0 Å². The minimum Gasteiger partial charge on any atom is -0.324 e. The minimum atomic E-state index is -0.272. The molecule has 1 N–H and O–H groups in total. The molecule has 2 aromatic rings. The SMILES string of the molecule is Cc1ccc(NC(=O)Cn2nc(C)c(C)cc2=O)cc1. The first kappa shape index (κ1) is 14.0. The zero-order chi connectivity index (χ0) is 14.7.